The van der Waals surface area contributed by atoms with Gasteiger partial charge in [-0.05, 0) is 36.1 Å². The highest BCUT2D eigenvalue weighted by molar-refractivity contribution is 6.37. The molecule has 1 amide bonds. The summed E-state index contributed by atoms with van der Waals surface area (Å²) in [5.41, 5.74) is 1.81. The van der Waals surface area contributed by atoms with Gasteiger partial charge in [-0.15, -0.1) is 0 Å². The van der Waals surface area contributed by atoms with Gasteiger partial charge in [0.15, 0.2) is 0 Å². The smallest absolute Gasteiger partial charge is 0.300 e. The van der Waals surface area contributed by atoms with Crippen LogP contribution in [0, 0.1) is 10.1 Å². The molecule has 0 radical (unpaired) electrons. The number of carbonyl (C=O) groups excluding carboxylic acids is 1. The number of hydrogen-bond donors (Lipinski definition) is 1. The minimum atomic E-state index is -0.670. The summed E-state index contributed by atoms with van der Waals surface area (Å²) in [4.78, 5) is 23.0. The van der Waals surface area contributed by atoms with E-state index >= 15 is 0 Å². The van der Waals surface area contributed by atoms with E-state index in [1.807, 2.05) is 24.3 Å². The van der Waals surface area contributed by atoms with E-state index in [0.29, 0.717) is 12.8 Å². The second-order valence-electron chi connectivity index (χ2n) is 5.39. The molecule has 1 aliphatic carbocycles. The molecular formula is C16H12Cl2N2O3. The fourth-order valence-corrected chi connectivity index (χ4v) is 3.41. The predicted molar refractivity (Wildman–Crippen MR) is 88.2 cm³/mol. The number of carbonyl (C=O) groups is 1. The maximum absolute atomic E-state index is 12.4. The number of nitrogens with one attached hydrogen (secondary N) is 1. The molecule has 0 heterocycles. The van der Waals surface area contributed by atoms with E-state index < -0.39 is 16.5 Å². The van der Waals surface area contributed by atoms with Crippen LogP contribution in [0.5, 0.6) is 0 Å². The number of amides is 1. The Balaban J connectivity index is 1.84. The van der Waals surface area contributed by atoms with Crippen LogP contribution in [0.4, 0.5) is 5.69 Å². The van der Waals surface area contributed by atoms with E-state index in [2.05, 4.69) is 5.32 Å². The molecule has 0 bridgehead atoms. The summed E-state index contributed by atoms with van der Waals surface area (Å²) in [5.74, 6) is -0.543. The van der Waals surface area contributed by atoms with Crippen LogP contribution < -0.4 is 5.32 Å². The van der Waals surface area contributed by atoms with Gasteiger partial charge in [0.2, 0.25) is 0 Å². The first kappa shape index (κ1) is 15.8. The maximum atomic E-state index is 12.4. The first-order valence-corrected chi connectivity index (χ1v) is 7.72. The minimum Gasteiger partial charge on any atom is -0.348 e. The van der Waals surface area contributed by atoms with Crippen molar-refractivity contribution < 1.29 is 9.72 Å². The molecule has 118 valence electrons. The highest BCUT2D eigenvalue weighted by Gasteiger charge is 2.28. The number of fused-ring (bicyclic) bond motifs is 1. The van der Waals surface area contributed by atoms with E-state index in [0.717, 1.165) is 0 Å². The second-order valence-corrected chi connectivity index (χ2v) is 6.23. The number of hydrogen-bond acceptors (Lipinski definition) is 3. The molecular weight excluding hydrogens is 339 g/mol. The van der Waals surface area contributed by atoms with Crippen molar-refractivity contribution in [2.75, 3.05) is 0 Å². The summed E-state index contributed by atoms with van der Waals surface area (Å²) in [6.45, 7) is 0. The van der Waals surface area contributed by atoms with Gasteiger partial charge in [-0.25, -0.2) is 0 Å². The number of halogens is 2. The Morgan fingerprint density at radius 2 is 1.78 bits per heavy atom. The molecule has 0 saturated heterocycles. The Labute approximate surface area is 142 Å². The molecule has 3 rings (SSSR count). The fraction of sp³-hybridized carbons (Fsp3) is 0.188. The lowest BCUT2D eigenvalue weighted by molar-refractivity contribution is -0.385. The van der Waals surface area contributed by atoms with Crippen molar-refractivity contribution in [3.63, 3.8) is 0 Å². The van der Waals surface area contributed by atoms with E-state index in [1.165, 1.54) is 23.3 Å². The van der Waals surface area contributed by atoms with Crippen molar-refractivity contribution >= 4 is 34.8 Å². The quantitative estimate of drug-likeness (QED) is 0.675. The largest absolute Gasteiger partial charge is 0.348 e. The number of nitro groups is 1. The van der Waals surface area contributed by atoms with Crippen molar-refractivity contribution in [2.24, 2.45) is 0 Å². The Hall–Kier alpha value is -2.11. The molecule has 0 aromatic heterocycles. The summed E-state index contributed by atoms with van der Waals surface area (Å²) in [5, 5.41) is 14.0. The first-order valence-electron chi connectivity index (χ1n) is 6.97. The maximum Gasteiger partial charge on any atom is 0.300 e. The van der Waals surface area contributed by atoms with Gasteiger partial charge < -0.3 is 5.32 Å². The van der Waals surface area contributed by atoms with Gasteiger partial charge in [0.25, 0.3) is 5.91 Å². The standard InChI is InChI=1S/C16H12Cl2N2O3/c17-11-7-13(15(20(22)23)14(18)8-11)16(21)19-12-5-9-3-1-2-4-10(9)6-12/h1-4,7-8,12H,5-6H2,(H,19,21). The summed E-state index contributed by atoms with van der Waals surface area (Å²) in [6.07, 6.45) is 1.40. The van der Waals surface area contributed by atoms with Crippen LogP contribution in [-0.2, 0) is 12.8 Å². The van der Waals surface area contributed by atoms with Crippen molar-refractivity contribution in [1.29, 1.82) is 0 Å². The molecule has 0 aliphatic heterocycles. The van der Waals surface area contributed by atoms with Gasteiger partial charge in [-0.1, -0.05) is 47.5 Å². The number of benzene rings is 2. The van der Waals surface area contributed by atoms with Crippen LogP contribution in [0.3, 0.4) is 0 Å². The van der Waals surface area contributed by atoms with Crippen LogP contribution in [0.25, 0.3) is 0 Å². The monoisotopic (exact) mass is 350 g/mol. The third-order valence-corrected chi connectivity index (χ3v) is 4.35. The normalized spacial score (nSPS) is 13.7. The lowest BCUT2D eigenvalue weighted by atomic mass is 10.1. The lowest BCUT2D eigenvalue weighted by Crippen LogP contribution is -2.35. The zero-order valence-electron chi connectivity index (χ0n) is 11.9. The Morgan fingerprint density at radius 1 is 1.17 bits per heavy atom. The van der Waals surface area contributed by atoms with Crippen molar-refractivity contribution in [3.05, 3.63) is 73.2 Å². The first-order chi connectivity index (χ1) is 11.0. The van der Waals surface area contributed by atoms with Gasteiger partial charge >= 0.3 is 5.69 Å². The topological polar surface area (TPSA) is 72.2 Å². The van der Waals surface area contributed by atoms with Gasteiger partial charge in [-0.3, -0.25) is 14.9 Å². The third-order valence-electron chi connectivity index (χ3n) is 3.84. The van der Waals surface area contributed by atoms with Crippen molar-refractivity contribution in [1.82, 2.24) is 5.32 Å². The fourth-order valence-electron chi connectivity index (χ4n) is 2.85. The average molecular weight is 351 g/mol. The molecule has 2 aromatic carbocycles. The molecule has 0 saturated carbocycles. The minimum absolute atomic E-state index is 0.0998. The van der Waals surface area contributed by atoms with Crippen LogP contribution in [0.2, 0.25) is 10.0 Å². The summed E-state index contributed by atoms with van der Waals surface area (Å²) < 4.78 is 0. The highest BCUT2D eigenvalue weighted by Crippen LogP contribution is 2.32. The molecule has 23 heavy (non-hydrogen) atoms. The second kappa shape index (κ2) is 6.18. The highest BCUT2D eigenvalue weighted by atomic mass is 35.5. The molecule has 1 N–H and O–H groups in total. The number of nitrogens with zero attached hydrogens (tertiary/aromatic N) is 1. The molecule has 1 aliphatic rings. The SMILES string of the molecule is O=C(NC1Cc2ccccc2C1)c1cc(Cl)cc(Cl)c1[N+](=O)[O-]. The Bertz CT molecular complexity index is 783. The summed E-state index contributed by atoms with van der Waals surface area (Å²) in [6, 6.07) is 10.3. The van der Waals surface area contributed by atoms with Crippen LogP contribution >= 0.6 is 23.2 Å². The third kappa shape index (κ3) is 3.16. The molecule has 0 spiro atoms. The molecule has 0 atom stereocenters. The van der Waals surface area contributed by atoms with Crippen molar-refractivity contribution in [3.8, 4) is 0 Å². The molecule has 5 nitrogen and oxygen atoms in total. The van der Waals surface area contributed by atoms with Gasteiger partial charge in [-0.2, -0.15) is 0 Å². The van der Waals surface area contributed by atoms with E-state index in [4.69, 9.17) is 23.2 Å². The van der Waals surface area contributed by atoms with Gasteiger partial charge in [0.05, 0.1) is 4.92 Å². The number of nitro benzene ring substituents is 1. The van der Waals surface area contributed by atoms with E-state index in [9.17, 15) is 14.9 Å². The number of rotatable bonds is 3. The van der Waals surface area contributed by atoms with E-state index in [-0.39, 0.29) is 21.7 Å². The lowest BCUT2D eigenvalue weighted by Gasteiger charge is -2.13. The Kier molecular flexibility index (Phi) is 4.24. The van der Waals surface area contributed by atoms with Gasteiger partial charge in [0, 0.05) is 11.1 Å². The molecule has 7 heteroatoms. The molecule has 0 unspecified atom stereocenters. The van der Waals surface area contributed by atoms with Crippen LogP contribution in [0.1, 0.15) is 21.5 Å². The Morgan fingerprint density at radius 3 is 2.35 bits per heavy atom. The zero-order valence-corrected chi connectivity index (χ0v) is 13.4. The summed E-state index contributed by atoms with van der Waals surface area (Å²) >= 11 is 11.7. The average Bonchev–Trinajstić information content (AvgIpc) is 2.87. The van der Waals surface area contributed by atoms with Crippen molar-refractivity contribution in [2.45, 2.75) is 18.9 Å². The van der Waals surface area contributed by atoms with Crippen LogP contribution in [-0.4, -0.2) is 16.9 Å². The zero-order chi connectivity index (χ0) is 16.6. The van der Waals surface area contributed by atoms with Crippen LogP contribution in [0.15, 0.2) is 36.4 Å². The predicted octanol–water partition coefficient (Wildman–Crippen LogP) is 3.80. The molecule has 0 fully saturated rings. The molecule has 2 aromatic rings. The summed E-state index contributed by atoms with van der Waals surface area (Å²) in [7, 11) is 0. The van der Waals surface area contributed by atoms with E-state index in [1.54, 1.807) is 0 Å². The van der Waals surface area contributed by atoms with Gasteiger partial charge in [0.1, 0.15) is 10.6 Å².